The van der Waals surface area contributed by atoms with Crippen molar-refractivity contribution in [1.82, 2.24) is 9.97 Å². The predicted molar refractivity (Wildman–Crippen MR) is 110 cm³/mol. The first-order valence-corrected chi connectivity index (χ1v) is 9.88. The first-order chi connectivity index (χ1) is 14.6. The number of aromatic nitrogens is 3. The van der Waals surface area contributed by atoms with Crippen LogP contribution in [0, 0.1) is 0 Å². The maximum atomic E-state index is 10.7. The molecule has 2 aromatic heterocycles. The maximum absolute atomic E-state index is 10.7. The third kappa shape index (κ3) is 9.87. The van der Waals surface area contributed by atoms with Crippen LogP contribution in [0.1, 0.15) is 39.0 Å². The third-order valence-corrected chi connectivity index (χ3v) is 4.30. The fourth-order valence-electron chi connectivity index (χ4n) is 2.71. The Kier molecular flexibility index (Phi) is 10.9. The molecule has 0 fully saturated rings. The number of carbonyl (C=O) groups is 3. The van der Waals surface area contributed by atoms with Crippen LogP contribution in [0.5, 0.6) is 0 Å². The molecule has 2 aromatic rings. The largest absolute Gasteiger partial charge is 0.550 e. The van der Waals surface area contributed by atoms with Crippen LogP contribution in [0.25, 0.3) is 11.2 Å². The third-order valence-electron chi connectivity index (χ3n) is 4.30. The van der Waals surface area contributed by atoms with Crippen LogP contribution in [0.4, 0.5) is 5.95 Å². The van der Waals surface area contributed by atoms with E-state index in [-0.39, 0.29) is 0 Å². The number of fused-ring (bicyclic) bond motifs is 1. The SMILES string of the molecule is CC(=O)[O-].N[C@@H](CCCC[n+]1cccc2[nH]c(NCCC[C@H](N)C(=O)O)nc21)C(=O)O. The number of nitrogens with one attached hydrogen (secondary N) is 2. The van der Waals surface area contributed by atoms with Crippen LogP contribution in [0.3, 0.4) is 0 Å². The number of aryl methyl sites for hydroxylation is 1. The first kappa shape index (κ1) is 25.8. The average Bonchev–Trinajstić information content (AvgIpc) is 3.11. The minimum atomic E-state index is -1.08. The summed E-state index contributed by atoms with van der Waals surface area (Å²) in [6, 6.07) is 2.17. The number of carboxylic acid groups (broad SMARTS) is 3. The zero-order chi connectivity index (χ0) is 23.4. The number of rotatable bonds is 12. The van der Waals surface area contributed by atoms with Crippen molar-refractivity contribution in [2.75, 3.05) is 11.9 Å². The number of nitrogens with zero attached hydrogens (tertiary/aromatic N) is 2. The number of aromatic amines is 1. The Morgan fingerprint density at radius 3 is 2.32 bits per heavy atom. The van der Waals surface area contributed by atoms with Crippen LogP contribution in [0.15, 0.2) is 18.3 Å². The molecule has 0 aliphatic rings. The van der Waals surface area contributed by atoms with Crippen LogP contribution in [-0.4, -0.2) is 56.7 Å². The summed E-state index contributed by atoms with van der Waals surface area (Å²) in [6.07, 6.45) is 4.90. The Labute approximate surface area is 179 Å². The fraction of sp³-hybridized carbons (Fsp3) is 0.526. The van der Waals surface area contributed by atoms with E-state index in [1.807, 2.05) is 22.9 Å². The van der Waals surface area contributed by atoms with E-state index in [0.717, 1.165) is 30.9 Å². The quantitative estimate of drug-likeness (QED) is 0.172. The van der Waals surface area contributed by atoms with Gasteiger partial charge in [-0.15, -0.1) is 0 Å². The zero-order valence-electron chi connectivity index (χ0n) is 17.4. The van der Waals surface area contributed by atoms with E-state index in [2.05, 4.69) is 15.3 Å². The van der Waals surface area contributed by atoms with Crippen molar-refractivity contribution in [2.24, 2.45) is 11.5 Å². The highest BCUT2D eigenvalue weighted by molar-refractivity contribution is 5.73. The highest BCUT2D eigenvalue weighted by Gasteiger charge is 2.16. The fourth-order valence-corrected chi connectivity index (χ4v) is 2.71. The van der Waals surface area contributed by atoms with E-state index >= 15 is 0 Å². The maximum Gasteiger partial charge on any atom is 0.351 e. The van der Waals surface area contributed by atoms with Gasteiger partial charge in [-0.2, -0.15) is 0 Å². The number of nitrogens with two attached hydrogens (primary N) is 2. The Bertz CT molecular complexity index is 867. The van der Waals surface area contributed by atoms with Gasteiger partial charge in [0.15, 0.2) is 0 Å². The molecule has 0 saturated heterocycles. The second-order valence-electron chi connectivity index (χ2n) is 6.97. The molecule has 2 rings (SSSR count). The molecular weight excluding hydrogens is 408 g/mol. The molecule has 0 amide bonds. The molecule has 0 aromatic carbocycles. The van der Waals surface area contributed by atoms with Gasteiger partial charge in [-0.05, 0) is 56.1 Å². The van der Waals surface area contributed by atoms with Gasteiger partial charge in [0.1, 0.15) is 17.6 Å². The second kappa shape index (κ2) is 13.1. The van der Waals surface area contributed by atoms with Crippen molar-refractivity contribution in [1.29, 1.82) is 0 Å². The summed E-state index contributed by atoms with van der Waals surface area (Å²) in [5, 5.41) is 29.6. The molecule has 31 heavy (non-hydrogen) atoms. The number of carboxylic acids is 3. The zero-order valence-corrected chi connectivity index (χ0v) is 17.4. The van der Waals surface area contributed by atoms with Gasteiger partial charge in [0.25, 0.3) is 0 Å². The van der Waals surface area contributed by atoms with Gasteiger partial charge in [0, 0.05) is 12.5 Å². The van der Waals surface area contributed by atoms with Gasteiger partial charge in [0.2, 0.25) is 0 Å². The molecule has 2 atom stereocenters. The molecule has 0 unspecified atom stereocenters. The van der Waals surface area contributed by atoms with Crippen molar-refractivity contribution < 1.29 is 34.3 Å². The highest BCUT2D eigenvalue weighted by atomic mass is 16.4. The minimum Gasteiger partial charge on any atom is -0.550 e. The van der Waals surface area contributed by atoms with Gasteiger partial charge in [0.05, 0.1) is 12.7 Å². The number of unbranched alkanes of at least 4 members (excludes halogenated alkanes) is 1. The number of pyridine rings is 1. The van der Waals surface area contributed by atoms with Crippen LogP contribution < -0.4 is 26.5 Å². The van der Waals surface area contributed by atoms with E-state index in [0.29, 0.717) is 38.3 Å². The lowest BCUT2D eigenvalue weighted by atomic mass is 10.1. The summed E-state index contributed by atoms with van der Waals surface area (Å²) in [4.78, 5) is 38.0. The van der Waals surface area contributed by atoms with Gasteiger partial charge in [-0.25, -0.2) is 4.57 Å². The van der Waals surface area contributed by atoms with Gasteiger partial charge in [-0.1, -0.05) is 0 Å². The number of anilines is 1. The average molecular weight is 438 g/mol. The Morgan fingerprint density at radius 1 is 1.16 bits per heavy atom. The lowest BCUT2D eigenvalue weighted by Crippen LogP contribution is -2.35. The second-order valence-corrected chi connectivity index (χ2v) is 6.97. The molecule has 172 valence electrons. The molecule has 12 heteroatoms. The summed E-state index contributed by atoms with van der Waals surface area (Å²) < 4.78 is 2.00. The molecule has 0 aliphatic carbocycles. The standard InChI is InChI=1S/C17H26N6O4.C2H4O2/c18-11(15(24)25)5-1-2-9-23-10-4-7-13-14(23)22-17(21-13)20-8-3-6-12(19)16(26)27;1-2(3)4/h4,7,10-12H,1-3,5-6,8-9,18-19H2,(H3,20,21,24,25,26,27);1H3,(H,3,4)/t11-,12-;/m0./s1. The lowest BCUT2D eigenvalue weighted by Gasteiger charge is -2.05. The van der Waals surface area contributed by atoms with Crippen LogP contribution in [0.2, 0.25) is 0 Å². The van der Waals surface area contributed by atoms with Gasteiger partial charge < -0.3 is 36.9 Å². The van der Waals surface area contributed by atoms with Crippen molar-refractivity contribution in [3.63, 3.8) is 0 Å². The van der Waals surface area contributed by atoms with E-state index < -0.39 is 30.0 Å². The number of H-pyrrole nitrogens is 1. The smallest absolute Gasteiger partial charge is 0.351 e. The summed E-state index contributed by atoms with van der Waals surface area (Å²) >= 11 is 0. The van der Waals surface area contributed by atoms with E-state index in [1.165, 1.54) is 0 Å². The van der Waals surface area contributed by atoms with Gasteiger partial charge >= 0.3 is 23.5 Å². The number of hydrogen-bond acceptors (Lipinski definition) is 8. The number of imidazole rings is 1. The van der Waals surface area contributed by atoms with E-state index in [1.54, 1.807) is 0 Å². The Hall–Kier alpha value is -3.25. The van der Waals surface area contributed by atoms with E-state index in [4.69, 9.17) is 31.6 Å². The molecule has 0 spiro atoms. The molecule has 0 saturated carbocycles. The highest BCUT2D eigenvalue weighted by Crippen LogP contribution is 2.11. The minimum absolute atomic E-state index is 0.390. The summed E-state index contributed by atoms with van der Waals surface area (Å²) in [6.45, 7) is 2.25. The molecule has 0 aliphatic heterocycles. The van der Waals surface area contributed by atoms with Crippen molar-refractivity contribution in [3.05, 3.63) is 18.3 Å². The summed E-state index contributed by atoms with van der Waals surface area (Å²) in [5.74, 6) is -2.44. The molecule has 8 N–H and O–H groups in total. The monoisotopic (exact) mass is 438 g/mol. The normalized spacial score (nSPS) is 12.5. The van der Waals surface area contributed by atoms with Crippen molar-refractivity contribution >= 4 is 35.0 Å². The summed E-state index contributed by atoms with van der Waals surface area (Å²) in [7, 11) is 0. The number of aliphatic carboxylic acids is 3. The van der Waals surface area contributed by atoms with Gasteiger partial charge in [-0.3, -0.25) is 14.6 Å². The van der Waals surface area contributed by atoms with Crippen molar-refractivity contribution in [2.45, 2.75) is 57.7 Å². The molecular formula is C19H30N6O6. The predicted octanol–water partition coefficient (Wildman–Crippen LogP) is -1.21. The molecule has 12 nitrogen and oxygen atoms in total. The van der Waals surface area contributed by atoms with Crippen molar-refractivity contribution in [3.8, 4) is 0 Å². The van der Waals surface area contributed by atoms with E-state index in [9.17, 15) is 9.59 Å². The van der Waals surface area contributed by atoms with Crippen LogP contribution >= 0.6 is 0 Å². The topological polar surface area (TPSA) is 211 Å². The lowest BCUT2D eigenvalue weighted by molar-refractivity contribution is -0.673. The molecule has 0 radical (unpaired) electrons. The molecule has 0 bridgehead atoms. The first-order valence-electron chi connectivity index (χ1n) is 9.88. The number of hydrogen-bond donors (Lipinski definition) is 6. The van der Waals surface area contributed by atoms with Crippen LogP contribution in [-0.2, 0) is 20.9 Å². The Balaban J connectivity index is 0.00000110. The Morgan fingerprint density at radius 2 is 1.74 bits per heavy atom. The number of carbonyl (C=O) groups excluding carboxylic acids is 1. The summed E-state index contributed by atoms with van der Waals surface area (Å²) in [5.41, 5.74) is 12.7. The molecule has 2 heterocycles.